The van der Waals surface area contributed by atoms with E-state index < -0.39 is 0 Å². The molecule has 7 heteroatoms. The fourth-order valence-corrected chi connectivity index (χ4v) is 4.27. The Morgan fingerprint density at radius 1 is 1.14 bits per heavy atom. The molecule has 0 aliphatic heterocycles. The molecule has 29 heavy (non-hydrogen) atoms. The van der Waals surface area contributed by atoms with Crippen molar-refractivity contribution in [3.63, 3.8) is 0 Å². The molecule has 1 aliphatic carbocycles. The smallest absolute Gasteiger partial charge is 0.241 e. The second-order valence-electron chi connectivity index (χ2n) is 8.12. The Hall–Kier alpha value is -3.48. The van der Waals surface area contributed by atoms with E-state index in [-0.39, 0.29) is 5.54 Å². The van der Waals surface area contributed by atoms with E-state index in [1.165, 1.54) is 0 Å². The van der Waals surface area contributed by atoms with Crippen molar-refractivity contribution in [3.05, 3.63) is 61.3 Å². The van der Waals surface area contributed by atoms with E-state index in [0.717, 1.165) is 46.2 Å². The van der Waals surface area contributed by atoms with Gasteiger partial charge in [0.05, 0.1) is 22.7 Å². The van der Waals surface area contributed by atoms with Gasteiger partial charge in [-0.1, -0.05) is 12.6 Å². The molecule has 0 atom stereocenters. The highest BCUT2D eigenvalue weighted by Gasteiger charge is 2.40. The lowest BCUT2D eigenvalue weighted by Gasteiger charge is -2.46. The lowest BCUT2D eigenvalue weighted by molar-refractivity contribution is 0.204. The van der Waals surface area contributed by atoms with E-state index in [1.807, 2.05) is 36.0 Å². The van der Waals surface area contributed by atoms with Crippen LogP contribution in [0.2, 0.25) is 0 Å². The van der Waals surface area contributed by atoms with Crippen LogP contribution in [-0.2, 0) is 0 Å². The molecule has 1 saturated carbocycles. The van der Waals surface area contributed by atoms with Crippen LogP contribution in [0.5, 0.6) is 0 Å². The summed E-state index contributed by atoms with van der Waals surface area (Å²) in [6.07, 6.45) is 9.27. The van der Waals surface area contributed by atoms with Crippen LogP contribution in [0.15, 0.2) is 61.3 Å². The van der Waals surface area contributed by atoms with Crippen molar-refractivity contribution in [2.75, 3.05) is 5.32 Å². The minimum Gasteiger partial charge on any atom is -0.384 e. The highest BCUT2D eigenvalue weighted by Crippen LogP contribution is 2.34. The minimum absolute atomic E-state index is 0.104. The standard InChI is InChI=1S/C22H23N7/c1-14(2)27-22(3)11-16(12-22)26-21-25-13-20-17(6-9-29(20)28-21)15-4-5-18-19(10-15)24-8-7-23-18/h4-10,13,16,27H,1,11-12H2,2-3H3,(H,26,28). The monoisotopic (exact) mass is 385 g/mol. The lowest BCUT2D eigenvalue weighted by Crippen LogP contribution is -2.57. The topological polar surface area (TPSA) is 80.0 Å². The zero-order valence-electron chi connectivity index (χ0n) is 16.6. The van der Waals surface area contributed by atoms with E-state index in [4.69, 9.17) is 0 Å². The quantitative estimate of drug-likeness (QED) is 0.544. The normalized spacial score (nSPS) is 21.1. The molecule has 0 radical (unpaired) electrons. The molecule has 3 aromatic heterocycles. The first-order valence-corrected chi connectivity index (χ1v) is 9.75. The summed E-state index contributed by atoms with van der Waals surface area (Å²) in [6.45, 7) is 8.16. The van der Waals surface area contributed by atoms with Gasteiger partial charge in [-0.05, 0) is 50.5 Å². The number of nitrogens with one attached hydrogen (secondary N) is 2. The summed E-state index contributed by atoms with van der Waals surface area (Å²) in [7, 11) is 0. The van der Waals surface area contributed by atoms with E-state index in [9.17, 15) is 0 Å². The molecule has 0 spiro atoms. The van der Waals surface area contributed by atoms with Crippen molar-refractivity contribution in [2.24, 2.45) is 0 Å². The third-order valence-electron chi connectivity index (χ3n) is 5.44. The maximum Gasteiger partial charge on any atom is 0.241 e. The third-order valence-corrected chi connectivity index (χ3v) is 5.44. The van der Waals surface area contributed by atoms with Gasteiger partial charge in [-0.2, -0.15) is 0 Å². The van der Waals surface area contributed by atoms with Crippen LogP contribution in [0.4, 0.5) is 5.95 Å². The Balaban J connectivity index is 1.37. The number of hydrogen-bond acceptors (Lipinski definition) is 6. The van der Waals surface area contributed by atoms with Gasteiger partial charge in [0.2, 0.25) is 5.95 Å². The molecule has 0 unspecified atom stereocenters. The van der Waals surface area contributed by atoms with Crippen molar-refractivity contribution in [1.82, 2.24) is 29.9 Å². The largest absolute Gasteiger partial charge is 0.384 e. The zero-order chi connectivity index (χ0) is 20.0. The Morgan fingerprint density at radius 3 is 2.72 bits per heavy atom. The third kappa shape index (κ3) is 3.29. The number of benzene rings is 1. The molecule has 0 amide bonds. The van der Waals surface area contributed by atoms with Crippen LogP contribution in [0, 0.1) is 0 Å². The molecule has 0 saturated heterocycles. The lowest BCUT2D eigenvalue weighted by atomic mass is 9.74. The van der Waals surface area contributed by atoms with E-state index in [0.29, 0.717) is 12.0 Å². The van der Waals surface area contributed by atoms with Crippen molar-refractivity contribution in [3.8, 4) is 11.1 Å². The molecule has 2 N–H and O–H groups in total. The summed E-state index contributed by atoms with van der Waals surface area (Å²) in [6, 6.07) is 8.52. The highest BCUT2D eigenvalue weighted by atomic mass is 15.3. The van der Waals surface area contributed by atoms with Crippen LogP contribution in [0.1, 0.15) is 26.7 Å². The molecule has 5 rings (SSSR count). The molecule has 0 bridgehead atoms. The number of nitrogens with zero attached hydrogens (tertiary/aromatic N) is 5. The zero-order valence-corrected chi connectivity index (χ0v) is 16.6. The first-order valence-electron chi connectivity index (χ1n) is 9.75. The Bertz CT molecular complexity index is 1220. The number of aromatic nitrogens is 5. The molecule has 7 nitrogen and oxygen atoms in total. The van der Waals surface area contributed by atoms with Crippen LogP contribution in [0.25, 0.3) is 27.7 Å². The molecule has 1 fully saturated rings. The summed E-state index contributed by atoms with van der Waals surface area (Å²) in [5.41, 5.74) is 5.98. The van der Waals surface area contributed by atoms with Crippen LogP contribution in [-0.4, -0.2) is 36.1 Å². The predicted octanol–water partition coefficient (Wildman–Crippen LogP) is 3.80. The second-order valence-corrected chi connectivity index (χ2v) is 8.12. The van der Waals surface area contributed by atoms with Gasteiger partial charge in [-0.3, -0.25) is 9.97 Å². The maximum absolute atomic E-state index is 4.64. The Kier molecular flexibility index (Phi) is 3.97. The summed E-state index contributed by atoms with van der Waals surface area (Å²) in [5, 5.41) is 11.5. The number of hydrogen-bond donors (Lipinski definition) is 2. The molecule has 1 aromatic carbocycles. The number of rotatable bonds is 5. The van der Waals surface area contributed by atoms with Gasteiger partial charge in [0.15, 0.2) is 0 Å². The fraction of sp³-hybridized carbons (Fsp3) is 0.273. The van der Waals surface area contributed by atoms with E-state index >= 15 is 0 Å². The van der Waals surface area contributed by atoms with Gasteiger partial charge in [0.1, 0.15) is 0 Å². The minimum atomic E-state index is 0.104. The van der Waals surface area contributed by atoms with Crippen LogP contribution in [0.3, 0.4) is 0 Å². The average molecular weight is 385 g/mol. The first-order chi connectivity index (χ1) is 14.0. The molecule has 3 heterocycles. The number of anilines is 1. The molecule has 4 aromatic rings. The summed E-state index contributed by atoms with van der Waals surface area (Å²) < 4.78 is 1.87. The van der Waals surface area contributed by atoms with Crippen molar-refractivity contribution < 1.29 is 0 Å². The van der Waals surface area contributed by atoms with Crippen molar-refractivity contribution in [2.45, 2.75) is 38.3 Å². The molecule has 1 aliphatic rings. The SMILES string of the molecule is C=C(C)NC1(C)CC(Nc2ncc3c(-c4ccc5nccnc5c4)ccn3n2)C1. The number of allylic oxidation sites excluding steroid dienone is 1. The predicted molar refractivity (Wildman–Crippen MR) is 115 cm³/mol. The Labute approximate surface area is 168 Å². The van der Waals surface area contributed by atoms with Gasteiger partial charge >= 0.3 is 0 Å². The highest BCUT2D eigenvalue weighted by molar-refractivity contribution is 5.86. The Morgan fingerprint density at radius 2 is 1.93 bits per heavy atom. The van der Waals surface area contributed by atoms with Crippen LogP contribution >= 0.6 is 0 Å². The van der Waals surface area contributed by atoms with Gasteiger partial charge < -0.3 is 10.6 Å². The van der Waals surface area contributed by atoms with Crippen LogP contribution < -0.4 is 10.6 Å². The summed E-state index contributed by atoms with van der Waals surface area (Å²) in [5.74, 6) is 0.645. The first kappa shape index (κ1) is 17.6. The number of fused-ring (bicyclic) bond motifs is 2. The molecular weight excluding hydrogens is 362 g/mol. The van der Waals surface area contributed by atoms with Gasteiger partial charge in [-0.25, -0.2) is 9.50 Å². The van der Waals surface area contributed by atoms with Crippen molar-refractivity contribution >= 4 is 22.5 Å². The van der Waals surface area contributed by atoms with Crippen molar-refractivity contribution in [1.29, 1.82) is 0 Å². The maximum atomic E-state index is 4.64. The molecule has 146 valence electrons. The summed E-state index contributed by atoms with van der Waals surface area (Å²) >= 11 is 0. The van der Waals surface area contributed by atoms with Gasteiger partial charge in [-0.15, -0.1) is 5.10 Å². The molecular formula is C22H23N7. The summed E-state index contributed by atoms with van der Waals surface area (Å²) in [4.78, 5) is 13.3. The second kappa shape index (κ2) is 6.55. The van der Waals surface area contributed by atoms with E-state index in [1.54, 1.807) is 12.4 Å². The van der Waals surface area contributed by atoms with E-state index in [2.05, 4.69) is 56.3 Å². The fourth-order valence-electron chi connectivity index (χ4n) is 4.27. The van der Waals surface area contributed by atoms with Gasteiger partial charge in [0.25, 0.3) is 0 Å². The van der Waals surface area contributed by atoms with Gasteiger partial charge in [0, 0.05) is 41.4 Å². The average Bonchev–Trinajstić information content (AvgIpc) is 3.09.